The number of rotatable bonds is 5. The molecule has 0 aliphatic carbocycles. The van der Waals surface area contributed by atoms with Crippen LogP contribution in [0.15, 0.2) is 41.0 Å². The Balaban J connectivity index is 0.000000749. The van der Waals surface area contributed by atoms with Gasteiger partial charge in [0.25, 0.3) is 0 Å². The van der Waals surface area contributed by atoms with E-state index in [0.717, 1.165) is 11.3 Å². The third-order valence-corrected chi connectivity index (χ3v) is 3.64. The molecule has 0 saturated carbocycles. The molecule has 1 aromatic rings. The third kappa shape index (κ3) is 9.47. The number of hydrogen-bond acceptors (Lipinski definition) is 5. The van der Waals surface area contributed by atoms with Crippen molar-refractivity contribution in [3.63, 3.8) is 0 Å². The van der Waals surface area contributed by atoms with Gasteiger partial charge in [-0.25, -0.2) is 4.79 Å². The maximum atomic E-state index is 12.1. The van der Waals surface area contributed by atoms with E-state index in [1.807, 2.05) is 32.6 Å². The first-order valence-electron chi connectivity index (χ1n) is 8.98. The number of hydrogen-bond donors (Lipinski definition) is 2. The summed E-state index contributed by atoms with van der Waals surface area (Å²) in [5.41, 5.74) is 6.97. The number of alkyl halides is 3. The first-order chi connectivity index (χ1) is 13.2. The lowest BCUT2D eigenvalue weighted by Gasteiger charge is -2.33. The molecule has 162 valence electrons. The van der Waals surface area contributed by atoms with E-state index in [0.29, 0.717) is 0 Å². The van der Waals surface area contributed by atoms with Gasteiger partial charge in [-0.2, -0.15) is 13.2 Å². The fourth-order valence-corrected chi connectivity index (χ4v) is 2.34. The summed E-state index contributed by atoms with van der Waals surface area (Å²) in [7, 11) is 0. The molecule has 1 atom stereocenters. The van der Waals surface area contributed by atoms with Crippen LogP contribution in [0.1, 0.15) is 46.2 Å². The van der Waals surface area contributed by atoms with E-state index in [-0.39, 0.29) is 29.7 Å². The molecule has 3 N–H and O–H groups in total. The number of ether oxygens (including phenoxy) is 1. The zero-order valence-corrected chi connectivity index (χ0v) is 17.2. The summed E-state index contributed by atoms with van der Waals surface area (Å²) in [5.74, 6) is -0.937. The fourth-order valence-electron chi connectivity index (χ4n) is 2.34. The molecule has 1 aliphatic heterocycles. The molecule has 0 amide bonds. The second-order valence-electron chi connectivity index (χ2n) is 7.76. The van der Waals surface area contributed by atoms with Crippen LogP contribution in [-0.2, 0) is 4.79 Å². The predicted molar refractivity (Wildman–Crippen MR) is 106 cm³/mol. The van der Waals surface area contributed by atoms with Gasteiger partial charge in [-0.15, -0.1) is 0 Å². The van der Waals surface area contributed by atoms with Crippen molar-refractivity contribution in [2.45, 2.75) is 52.4 Å². The van der Waals surface area contributed by atoms with Crippen LogP contribution in [0, 0.1) is 0 Å². The molecule has 1 aliphatic rings. The monoisotopic (exact) mass is 415 g/mol. The molecule has 0 radical (unpaired) electrons. The van der Waals surface area contributed by atoms with E-state index < -0.39 is 18.8 Å². The zero-order chi connectivity index (χ0) is 22.4. The second-order valence-corrected chi connectivity index (χ2v) is 7.76. The van der Waals surface area contributed by atoms with Crippen molar-refractivity contribution < 1.29 is 27.8 Å². The van der Waals surface area contributed by atoms with Crippen molar-refractivity contribution in [2.24, 2.45) is 10.7 Å². The Hall–Kier alpha value is -2.55. The van der Waals surface area contributed by atoms with Gasteiger partial charge in [0.1, 0.15) is 18.1 Å². The number of carboxylic acids is 1. The molecular formula is C20H28F3N3O3. The van der Waals surface area contributed by atoms with Crippen LogP contribution in [0.25, 0.3) is 0 Å². The van der Waals surface area contributed by atoms with Gasteiger partial charge in [0, 0.05) is 11.2 Å². The SMILES string of the molecule is CC(C)(C)N.CC1=CC(C(=O)O)=NCN1C(C)c1ccc(OCC(F)(F)F)cc1. The molecule has 2 rings (SSSR count). The highest BCUT2D eigenvalue weighted by molar-refractivity contribution is 6.40. The molecule has 29 heavy (non-hydrogen) atoms. The third-order valence-electron chi connectivity index (χ3n) is 3.64. The lowest BCUT2D eigenvalue weighted by molar-refractivity contribution is -0.153. The van der Waals surface area contributed by atoms with Crippen LogP contribution in [0.2, 0.25) is 0 Å². The molecule has 1 aromatic carbocycles. The van der Waals surface area contributed by atoms with Gasteiger partial charge in [-0.3, -0.25) is 4.99 Å². The molecule has 0 saturated heterocycles. The quantitative estimate of drug-likeness (QED) is 0.755. The summed E-state index contributed by atoms with van der Waals surface area (Å²) in [5, 5.41) is 8.95. The minimum absolute atomic E-state index is 0. The van der Waals surface area contributed by atoms with Gasteiger partial charge >= 0.3 is 12.1 Å². The number of carbonyl (C=O) groups is 1. The topological polar surface area (TPSA) is 88.2 Å². The predicted octanol–water partition coefficient (Wildman–Crippen LogP) is 4.13. The first-order valence-corrected chi connectivity index (χ1v) is 8.98. The average Bonchev–Trinajstić information content (AvgIpc) is 2.57. The Kier molecular flexibility index (Phi) is 8.25. The molecular weight excluding hydrogens is 387 g/mol. The fraction of sp³-hybridized carbons (Fsp3) is 0.500. The standard InChI is InChI=1S/C16H17F3N2O3.C4H11N/c1-10-7-14(15(22)23)20-9-21(10)11(2)12-3-5-13(6-4-12)24-8-16(17,18)19;1-4(2,3)5/h3-7,11H,8-9H2,1-2H3,(H,22,23);5H2,1-3H3. The molecule has 0 bridgehead atoms. The van der Waals surface area contributed by atoms with Crippen molar-refractivity contribution in [3.8, 4) is 5.75 Å². The second kappa shape index (κ2) is 9.78. The highest BCUT2D eigenvalue weighted by atomic mass is 19.4. The van der Waals surface area contributed by atoms with Crippen LogP contribution in [-0.4, -0.2) is 46.7 Å². The van der Waals surface area contributed by atoms with Gasteiger partial charge in [0.15, 0.2) is 6.61 Å². The van der Waals surface area contributed by atoms with Crippen molar-refractivity contribution >= 4 is 11.7 Å². The smallest absolute Gasteiger partial charge is 0.422 e. The molecule has 1 unspecified atom stereocenters. The number of benzene rings is 1. The van der Waals surface area contributed by atoms with Gasteiger partial charge in [0.2, 0.25) is 0 Å². The van der Waals surface area contributed by atoms with E-state index >= 15 is 0 Å². The first kappa shape index (κ1) is 24.5. The molecule has 0 aromatic heterocycles. The minimum Gasteiger partial charge on any atom is -0.484 e. The van der Waals surface area contributed by atoms with E-state index in [2.05, 4.69) is 9.73 Å². The summed E-state index contributed by atoms with van der Waals surface area (Å²) < 4.78 is 41.1. The molecule has 0 fully saturated rings. The number of aliphatic carboxylic acids is 1. The average molecular weight is 415 g/mol. The lowest BCUT2D eigenvalue weighted by atomic mass is 10.1. The Bertz CT molecular complexity index is 745. The van der Waals surface area contributed by atoms with E-state index in [4.69, 9.17) is 10.8 Å². The van der Waals surface area contributed by atoms with Crippen LogP contribution in [0.4, 0.5) is 13.2 Å². The summed E-state index contributed by atoms with van der Waals surface area (Å²) in [6, 6.07) is 6.20. The normalized spacial score (nSPS) is 15.6. The minimum atomic E-state index is -4.37. The number of halogens is 3. The maximum absolute atomic E-state index is 12.1. The Morgan fingerprint density at radius 3 is 2.21 bits per heavy atom. The van der Waals surface area contributed by atoms with Gasteiger partial charge in [-0.1, -0.05) is 12.1 Å². The summed E-state index contributed by atoms with van der Waals surface area (Å²) in [6.45, 7) is 8.46. The number of nitrogens with zero attached hydrogens (tertiary/aromatic N) is 2. The van der Waals surface area contributed by atoms with Crippen LogP contribution < -0.4 is 10.5 Å². The van der Waals surface area contributed by atoms with Crippen LogP contribution >= 0.6 is 0 Å². The Morgan fingerprint density at radius 2 is 1.79 bits per heavy atom. The van der Waals surface area contributed by atoms with Gasteiger partial charge < -0.3 is 20.5 Å². The number of nitrogens with two attached hydrogens (primary N) is 1. The number of allylic oxidation sites excluding steroid dienone is 1. The Labute approximate surface area is 168 Å². The molecule has 0 spiro atoms. The van der Waals surface area contributed by atoms with Gasteiger partial charge in [-0.05, 0) is 58.4 Å². The van der Waals surface area contributed by atoms with Gasteiger partial charge in [0.05, 0.1) is 6.04 Å². The molecule has 1 heterocycles. The van der Waals surface area contributed by atoms with E-state index in [1.54, 1.807) is 19.1 Å². The summed E-state index contributed by atoms with van der Waals surface area (Å²) in [6.07, 6.45) is -2.88. The van der Waals surface area contributed by atoms with Crippen molar-refractivity contribution in [1.29, 1.82) is 0 Å². The van der Waals surface area contributed by atoms with Crippen LogP contribution in [0.5, 0.6) is 5.75 Å². The van der Waals surface area contributed by atoms with Crippen molar-refractivity contribution in [2.75, 3.05) is 13.3 Å². The number of aliphatic imine (C=N–C) groups is 1. The van der Waals surface area contributed by atoms with E-state index in [9.17, 15) is 18.0 Å². The Morgan fingerprint density at radius 1 is 1.28 bits per heavy atom. The zero-order valence-electron chi connectivity index (χ0n) is 17.2. The highest BCUT2D eigenvalue weighted by Crippen LogP contribution is 2.27. The largest absolute Gasteiger partial charge is 0.484 e. The molecule has 9 heteroatoms. The van der Waals surface area contributed by atoms with Crippen molar-refractivity contribution in [1.82, 2.24) is 4.90 Å². The highest BCUT2D eigenvalue weighted by Gasteiger charge is 2.28. The van der Waals surface area contributed by atoms with Crippen molar-refractivity contribution in [3.05, 3.63) is 41.6 Å². The summed E-state index contributed by atoms with van der Waals surface area (Å²) in [4.78, 5) is 16.8. The maximum Gasteiger partial charge on any atom is 0.422 e. The summed E-state index contributed by atoms with van der Waals surface area (Å²) >= 11 is 0. The lowest BCUT2D eigenvalue weighted by Crippen LogP contribution is -2.31. The number of carboxylic acid groups (broad SMARTS) is 1. The van der Waals surface area contributed by atoms with E-state index in [1.165, 1.54) is 18.2 Å². The molecule has 6 nitrogen and oxygen atoms in total. The van der Waals surface area contributed by atoms with Crippen LogP contribution in [0.3, 0.4) is 0 Å².